The molecular formula is C25H17N7O2S. The number of anilines is 2. The Morgan fingerprint density at radius 3 is 2.63 bits per heavy atom. The molecule has 0 aliphatic rings. The Morgan fingerprint density at radius 2 is 1.74 bits per heavy atom. The van der Waals surface area contributed by atoms with Crippen LogP contribution in [0.4, 0.5) is 15.6 Å². The highest BCUT2D eigenvalue weighted by Crippen LogP contribution is 2.35. The van der Waals surface area contributed by atoms with Crippen LogP contribution in [0.3, 0.4) is 0 Å². The van der Waals surface area contributed by atoms with Crippen molar-refractivity contribution >= 4 is 49.4 Å². The highest BCUT2D eigenvalue weighted by atomic mass is 32.1. The van der Waals surface area contributed by atoms with Gasteiger partial charge in [0.2, 0.25) is 0 Å². The van der Waals surface area contributed by atoms with Crippen LogP contribution in [0.2, 0.25) is 0 Å². The Kier molecular flexibility index (Phi) is 5.24. The lowest BCUT2D eigenvalue weighted by Gasteiger charge is -2.12. The van der Waals surface area contributed by atoms with Crippen LogP contribution in [0, 0.1) is 0 Å². The first kappa shape index (κ1) is 20.8. The fraction of sp³-hybridized carbons (Fsp3) is 0. The Hall–Kier alpha value is -4.83. The molecule has 3 aromatic heterocycles. The fourth-order valence-corrected chi connectivity index (χ4v) is 4.51. The number of aromatic nitrogens is 5. The van der Waals surface area contributed by atoms with E-state index in [4.69, 9.17) is 4.74 Å². The number of H-pyrrole nitrogens is 1. The molecule has 3 N–H and O–H groups in total. The number of thiazole rings is 1. The van der Waals surface area contributed by atoms with Crippen molar-refractivity contribution in [1.82, 2.24) is 25.1 Å². The molecular weight excluding hydrogens is 462 g/mol. The fourth-order valence-electron chi connectivity index (χ4n) is 3.65. The smallest absolute Gasteiger partial charge is 0.325 e. The molecule has 0 fully saturated rings. The predicted molar refractivity (Wildman–Crippen MR) is 136 cm³/mol. The van der Waals surface area contributed by atoms with E-state index in [9.17, 15) is 4.79 Å². The van der Waals surface area contributed by atoms with Gasteiger partial charge in [0.25, 0.3) is 0 Å². The number of rotatable bonds is 5. The Morgan fingerprint density at radius 1 is 0.914 bits per heavy atom. The molecule has 170 valence electrons. The number of urea groups is 1. The summed E-state index contributed by atoms with van der Waals surface area (Å²) < 4.78 is 7.16. The second-order valence-electron chi connectivity index (χ2n) is 7.54. The summed E-state index contributed by atoms with van der Waals surface area (Å²) in [6.45, 7) is 0. The van der Waals surface area contributed by atoms with Gasteiger partial charge in [0.1, 0.15) is 17.8 Å². The summed E-state index contributed by atoms with van der Waals surface area (Å²) in [7, 11) is 0. The van der Waals surface area contributed by atoms with Gasteiger partial charge in [-0.2, -0.15) is 5.10 Å². The normalized spacial score (nSPS) is 11.0. The van der Waals surface area contributed by atoms with Crippen molar-refractivity contribution < 1.29 is 9.53 Å². The SMILES string of the molecule is O=C(Nc1ccc(Oc2ccccc2-c2ncnc3[nH]ncc23)cc1)Nc1nc2ccccc2s1. The van der Waals surface area contributed by atoms with E-state index in [0.29, 0.717) is 28.0 Å². The van der Waals surface area contributed by atoms with Gasteiger partial charge in [-0.1, -0.05) is 35.6 Å². The number of ether oxygens (including phenoxy) is 1. The van der Waals surface area contributed by atoms with Gasteiger partial charge in [0.05, 0.1) is 27.5 Å². The first-order valence-corrected chi connectivity index (χ1v) is 11.5. The number of fused-ring (bicyclic) bond motifs is 2. The first-order chi connectivity index (χ1) is 17.2. The maximum atomic E-state index is 12.4. The van der Waals surface area contributed by atoms with Gasteiger partial charge < -0.3 is 10.1 Å². The summed E-state index contributed by atoms with van der Waals surface area (Å²) in [5.74, 6) is 1.26. The maximum Gasteiger partial charge on any atom is 0.325 e. The molecule has 0 atom stereocenters. The van der Waals surface area contributed by atoms with Gasteiger partial charge in [0.15, 0.2) is 10.8 Å². The molecule has 0 bridgehead atoms. The minimum atomic E-state index is -0.365. The molecule has 6 rings (SSSR count). The van der Waals surface area contributed by atoms with Crippen molar-refractivity contribution in [2.45, 2.75) is 0 Å². The molecule has 6 aromatic rings. The predicted octanol–water partition coefficient (Wildman–Crippen LogP) is 6.07. The third kappa shape index (κ3) is 4.25. The number of nitrogens with one attached hydrogen (secondary N) is 3. The molecule has 0 saturated carbocycles. The first-order valence-electron chi connectivity index (χ1n) is 10.7. The zero-order chi connectivity index (χ0) is 23.6. The van der Waals surface area contributed by atoms with Crippen LogP contribution in [0.25, 0.3) is 32.5 Å². The average molecular weight is 480 g/mol. The Bertz CT molecular complexity index is 1630. The summed E-state index contributed by atoms with van der Waals surface area (Å²) in [5.41, 5.74) is 3.68. The molecule has 0 aliphatic carbocycles. The minimum Gasteiger partial charge on any atom is -0.457 e. The molecule has 0 radical (unpaired) electrons. The van der Waals surface area contributed by atoms with Gasteiger partial charge in [0, 0.05) is 11.3 Å². The van der Waals surface area contributed by atoms with E-state index >= 15 is 0 Å². The lowest BCUT2D eigenvalue weighted by Crippen LogP contribution is -2.19. The maximum absolute atomic E-state index is 12.4. The number of amides is 2. The summed E-state index contributed by atoms with van der Waals surface area (Å²) >= 11 is 1.42. The molecule has 0 unspecified atom stereocenters. The molecule has 3 aromatic carbocycles. The molecule has 0 saturated heterocycles. The van der Waals surface area contributed by atoms with Gasteiger partial charge >= 0.3 is 6.03 Å². The Balaban J connectivity index is 1.17. The van der Waals surface area contributed by atoms with Crippen molar-refractivity contribution in [3.63, 3.8) is 0 Å². The van der Waals surface area contributed by atoms with E-state index in [1.807, 2.05) is 48.5 Å². The van der Waals surface area contributed by atoms with Gasteiger partial charge in [-0.3, -0.25) is 10.4 Å². The number of carbonyl (C=O) groups excluding carboxylic acids is 1. The van der Waals surface area contributed by atoms with Crippen LogP contribution in [0.5, 0.6) is 11.5 Å². The van der Waals surface area contributed by atoms with Crippen LogP contribution >= 0.6 is 11.3 Å². The lowest BCUT2D eigenvalue weighted by molar-refractivity contribution is 0.262. The average Bonchev–Trinajstić information content (AvgIpc) is 3.52. The van der Waals surface area contributed by atoms with Crippen molar-refractivity contribution in [2.75, 3.05) is 10.6 Å². The molecule has 0 aliphatic heterocycles. The van der Waals surface area contributed by atoms with E-state index in [1.54, 1.807) is 30.5 Å². The summed E-state index contributed by atoms with van der Waals surface area (Å²) in [5, 5.41) is 13.9. The van der Waals surface area contributed by atoms with E-state index in [0.717, 1.165) is 26.9 Å². The molecule has 3 heterocycles. The van der Waals surface area contributed by atoms with Gasteiger partial charge in [-0.15, -0.1) is 0 Å². The van der Waals surface area contributed by atoms with Crippen LogP contribution in [0.15, 0.2) is 85.3 Å². The summed E-state index contributed by atoms with van der Waals surface area (Å²) in [4.78, 5) is 25.5. The van der Waals surface area contributed by atoms with Gasteiger partial charge in [-0.25, -0.2) is 19.7 Å². The standard InChI is InChI=1S/C25H17N7O2S/c33-24(31-25-30-19-6-2-4-8-21(19)35-25)29-15-9-11-16(12-10-15)34-20-7-3-1-5-17(20)22-18-13-28-32-23(18)27-14-26-22/h1-14H,(H,26,27,28,32)(H2,29,30,31,33). The van der Waals surface area contributed by atoms with E-state index in [2.05, 4.69) is 35.8 Å². The largest absolute Gasteiger partial charge is 0.457 e. The summed E-state index contributed by atoms with van der Waals surface area (Å²) in [6, 6.07) is 22.1. The Labute approximate surface area is 202 Å². The van der Waals surface area contributed by atoms with Crippen molar-refractivity contribution in [3.8, 4) is 22.8 Å². The highest BCUT2D eigenvalue weighted by Gasteiger charge is 2.14. The molecule has 2 amide bonds. The second kappa shape index (κ2) is 8.84. The van der Waals surface area contributed by atoms with Crippen molar-refractivity contribution in [3.05, 3.63) is 85.3 Å². The van der Waals surface area contributed by atoms with E-state index in [-0.39, 0.29) is 6.03 Å². The van der Waals surface area contributed by atoms with Crippen molar-refractivity contribution in [1.29, 1.82) is 0 Å². The minimum absolute atomic E-state index is 0.365. The number of hydrogen-bond acceptors (Lipinski definition) is 7. The van der Waals surface area contributed by atoms with E-state index < -0.39 is 0 Å². The van der Waals surface area contributed by atoms with Crippen LogP contribution in [-0.2, 0) is 0 Å². The van der Waals surface area contributed by atoms with Crippen LogP contribution in [-0.4, -0.2) is 31.2 Å². The third-order valence-electron chi connectivity index (χ3n) is 5.24. The van der Waals surface area contributed by atoms with Crippen LogP contribution < -0.4 is 15.4 Å². The topological polar surface area (TPSA) is 118 Å². The highest BCUT2D eigenvalue weighted by molar-refractivity contribution is 7.22. The molecule has 10 heteroatoms. The van der Waals surface area contributed by atoms with Gasteiger partial charge in [-0.05, 0) is 48.5 Å². The van der Waals surface area contributed by atoms with E-state index in [1.165, 1.54) is 17.7 Å². The number of aromatic amines is 1. The second-order valence-corrected chi connectivity index (χ2v) is 8.57. The number of para-hydroxylation sites is 2. The number of hydrogen-bond donors (Lipinski definition) is 3. The monoisotopic (exact) mass is 479 g/mol. The summed E-state index contributed by atoms with van der Waals surface area (Å²) in [6.07, 6.45) is 3.19. The molecule has 9 nitrogen and oxygen atoms in total. The molecule has 0 spiro atoms. The number of carbonyl (C=O) groups is 1. The van der Waals surface area contributed by atoms with Crippen LogP contribution in [0.1, 0.15) is 0 Å². The number of nitrogens with zero attached hydrogens (tertiary/aromatic N) is 4. The third-order valence-corrected chi connectivity index (χ3v) is 6.20. The quantitative estimate of drug-likeness (QED) is 0.276. The lowest BCUT2D eigenvalue weighted by atomic mass is 10.1. The molecule has 35 heavy (non-hydrogen) atoms. The zero-order valence-corrected chi connectivity index (χ0v) is 18.9. The number of benzene rings is 3. The zero-order valence-electron chi connectivity index (χ0n) is 18.1. The van der Waals surface area contributed by atoms with Crippen molar-refractivity contribution in [2.24, 2.45) is 0 Å².